The van der Waals surface area contributed by atoms with Gasteiger partial charge in [0.2, 0.25) is 0 Å². The second kappa shape index (κ2) is 6.14. The summed E-state index contributed by atoms with van der Waals surface area (Å²) in [5.74, 6) is -0.711. The fraction of sp³-hybridized carbons (Fsp3) is 0.0526. The smallest absolute Gasteiger partial charge is 0.275 e. The topological polar surface area (TPSA) is 57.8 Å². The monoisotopic (exact) mass is 351 g/mol. The molecule has 6 heteroatoms. The zero-order chi connectivity index (χ0) is 17.4. The molecule has 0 unspecified atom stereocenters. The number of hydrogen-bond acceptors (Lipinski definition) is 3. The van der Waals surface area contributed by atoms with E-state index in [4.69, 9.17) is 0 Å². The van der Waals surface area contributed by atoms with Crippen molar-refractivity contribution < 1.29 is 9.18 Å². The summed E-state index contributed by atoms with van der Waals surface area (Å²) in [4.78, 5) is 20.0. The molecular weight excluding hydrogens is 337 g/mol. The van der Waals surface area contributed by atoms with Crippen molar-refractivity contribution in [2.75, 3.05) is 5.32 Å². The maximum Gasteiger partial charge on any atom is 0.275 e. The molecule has 0 aliphatic heterocycles. The van der Waals surface area contributed by atoms with Crippen LogP contribution in [-0.4, -0.2) is 15.9 Å². The highest BCUT2D eigenvalue weighted by molar-refractivity contribution is 7.13. The highest BCUT2D eigenvalue weighted by Gasteiger charge is 2.14. The first-order valence-corrected chi connectivity index (χ1v) is 8.59. The summed E-state index contributed by atoms with van der Waals surface area (Å²) in [5, 5.41) is 6.19. The number of thiazole rings is 1. The van der Waals surface area contributed by atoms with Gasteiger partial charge in [0.05, 0.1) is 5.69 Å². The highest BCUT2D eigenvalue weighted by atomic mass is 32.1. The number of anilines is 1. The van der Waals surface area contributed by atoms with Crippen LogP contribution >= 0.6 is 11.3 Å². The van der Waals surface area contributed by atoms with Crippen LogP contribution in [0.15, 0.2) is 53.9 Å². The average molecular weight is 351 g/mol. The summed E-state index contributed by atoms with van der Waals surface area (Å²) in [6.07, 6.45) is 0. The Bertz CT molecular complexity index is 1050. The van der Waals surface area contributed by atoms with E-state index in [1.165, 1.54) is 17.4 Å². The summed E-state index contributed by atoms with van der Waals surface area (Å²) in [7, 11) is 0. The second-order valence-electron chi connectivity index (χ2n) is 5.73. The largest absolute Gasteiger partial charge is 0.353 e. The lowest BCUT2D eigenvalue weighted by Crippen LogP contribution is -2.12. The first kappa shape index (κ1) is 15.5. The van der Waals surface area contributed by atoms with Crippen molar-refractivity contribution in [3.63, 3.8) is 0 Å². The van der Waals surface area contributed by atoms with Crippen molar-refractivity contribution in [3.05, 3.63) is 71.0 Å². The number of carbonyl (C=O) groups excluding carboxylic acids is 1. The van der Waals surface area contributed by atoms with Gasteiger partial charge in [-0.2, -0.15) is 0 Å². The number of nitrogens with one attached hydrogen (secondary N) is 2. The molecule has 0 saturated heterocycles. The van der Waals surface area contributed by atoms with Gasteiger partial charge in [-0.15, -0.1) is 11.3 Å². The van der Waals surface area contributed by atoms with E-state index >= 15 is 0 Å². The molecule has 0 aliphatic carbocycles. The predicted molar refractivity (Wildman–Crippen MR) is 98.5 cm³/mol. The number of hydrogen-bond donors (Lipinski definition) is 2. The zero-order valence-corrected chi connectivity index (χ0v) is 14.2. The molecule has 2 heterocycles. The van der Waals surface area contributed by atoms with Gasteiger partial charge in [-0.25, -0.2) is 9.37 Å². The predicted octanol–water partition coefficient (Wildman–Crippen LogP) is 4.99. The molecule has 0 aliphatic rings. The number of halogens is 1. The van der Waals surface area contributed by atoms with Crippen LogP contribution in [-0.2, 0) is 0 Å². The summed E-state index contributed by atoms with van der Waals surface area (Å²) in [5.41, 5.74) is 3.14. The molecule has 0 fully saturated rings. The van der Waals surface area contributed by atoms with Crippen molar-refractivity contribution in [1.29, 1.82) is 0 Å². The third kappa shape index (κ3) is 3.04. The summed E-state index contributed by atoms with van der Waals surface area (Å²) >= 11 is 1.39. The minimum atomic E-state index is -0.359. The number of aromatic amines is 1. The van der Waals surface area contributed by atoms with Crippen LogP contribution in [0.25, 0.3) is 21.6 Å². The van der Waals surface area contributed by atoms with Crippen molar-refractivity contribution in [2.24, 2.45) is 0 Å². The molecule has 1 amide bonds. The number of amides is 1. The van der Waals surface area contributed by atoms with E-state index in [-0.39, 0.29) is 11.7 Å². The van der Waals surface area contributed by atoms with Crippen LogP contribution in [0.5, 0.6) is 0 Å². The van der Waals surface area contributed by atoms with Crippen LogP contribution in [0.3, 0.4) is 0 Å². The van der Waals surface area contributed by atoms with E-state index in [0.29, 0.717) is 16.9 Å². The van der Waals surface area contributed by atoms with Crippen molar-refractivity contribution in [3.8, 4) is 10.7 Å². The summed E-state index contributed by atoms with van der Waals surface area (Å²) in [6, 6.07) is 14.5. The molecular formula is C19H14FN3OS. The average Bonchev–Trinajstić information content (AvgIpc) is 3.24. The lowest BCUT2D eigenvalue weighted by molar-refractivity contribution is 0.102. The van der Waals surface area contributed by atoms with E-state index in [1.807, 2.05) is 30.3 Å². The molecule has 124 valence electrons. The van der Waals surface area contributed by atoms with Crippen LogP contribution in [0.2, 0.25) is 0 Å². The van der Waals surface area contributed by atoms with Gasteiger partial charge in [0.25, 0.3) is 5.91 Å². The van der Waals surface area contributed by atoms with E-state index in [0.717, 1.165) is 21.6 Å². The highest BCUT2D eigenvalue weighted by Crippen LogP contribution is 2.27. The quantitative estimate of drug-likeness (QED) is 0.546. The second-order valence-corrected chi connectivity index (χ2v) is 6.58. The van der Waals surface area contributed by atoms with E-state index in [9.17, 15) is 9.18 Å². The molecule has 2 aromatic carbocycles. The van der Waals surface area contributed by atoms with Gasteiger partial charge in [-0.3, -0.25) is 4.79 Å². The van der Waals surface area contributed by atoms with Crippen LogP contribution in [0.4, 0.5) is 10.1 Å². The fourth-order valence-corrected chi connectivity index (χ4v) is 3.33. The van der Waals surface area contributed by atoms with E-state index in [1.54, 1.807) is 24.4 Å². The Hall–Kier alpha value is -2.99. The first-order chi connectivity index (χ1) is 12.1. The number of benzene rings is 2. The Morgan fingerprint density at radius 3 is 2.84 bits per heavy atom. The van der Waals surface area contributed by atoms with Crippen molar-refractivity contribution >= 4 is 33.8 Å². The Kier molecular flexibility index (Phi) is 3.82. The number of aryl methyl sites for hydroxylation is 1. The van der Waals surface area contributed by atoms with Gasteiger partial charge in [0.1, 0.15) is 16.5 Å². The standard InChI is InChI=1S/C19H14FN3OS/c1-11-6-7-13(9-14(11)20)21-18(24)17-10-25-19(23-17)16-8-12-4-2-3-5-15(12)22-16/h2-10,22H,1H3,(H,21,24). The Balaban J connectivity index is 1.57. The van der Waals surface area contributed by atoms with Gasteiger partial charge in [0, 0.05) is 22.0 Å². The normalized spacial score (nSPS) is 11.0. The fourth-order valence-electron chi connectivity index (χ4n) is 2.56. The van der Waals surface area contributed by atoms with E-state index in [2.05, 4.69) is 15.3 Å². The van der Waals surface area contributed by atoms with Gasteiger partial charge < -0.3 is 10.3 Å². The lowest BCUT2D eigenvalue weighted by atomic mass is 10.2. The summed E-state index contributed by atoms with van der Waals surface area (Å²) < 4.78 is 13.6. The number of fused-ring (bicyclic) bond motifs is 1. The number of rotatable bonds is 3. The van der Waals surface area contributed by atoms with Crippen molar-refractivity contribution in [1.82, 2.24) is 9.97 Å². The molecule has 4 nitrogen and oxygen atoms in total. The number of carbonyl (C=O) groups is 1. The van der Waals surface area contributed by atoms with Gasteiger partial charge in [-0.05, 0) is 36.8 Å². The molecule has 0 bridgehead atoms. The number of aromatic nitrogens is 2. The molecule has 4 rings (SSSR count). The number of H-pyrrole nitrogens is 1. The number of nitrogens with zero attached hydrogens (tertiary/aromatic N) is 1. The molecule has 4 aromatic rings. The molecule has 0 atom stereocenters. The lowest BCUT2D eigenvalue weighted by Gasteiger charge is -2.04. The molecule has 0 spiro atoms. The molecule has 25 heavy (non-hydrogen) atoms. The summed E-state index contributed by atoms with van der Waals surface area (Å²) in [6.45, 7) is 1.67. The van der Waals surface area contributed by atoms with Crippen LogP contribution < -0.4 is 5.32 Å². The minimum Gasteiger partial charge on any atom is -0.353 e. The first-order valence-electron chi connectivity index (χ1n) is 7.71. The number of para-hydroxylation sites is 1. The van der Waals surface area contributed by atoms with Crippen LogP contribution in [0, 0.1) is 12.7 Å². The minimum absolute atomic E-state index is 0.305. The van der Waals surface area contributed by atoms with Gasteiger partial charge in [-0.1, -0.05) is 24.3 Å². The Morgan fingerprint density at radius 1 is 1.20 bits per heavy atom. The van der Waals surface area contributed by atoms with E-state index < -0.39 is 0 Å². The van der Waals surface area contributed by atoms with Crippen molar-refractivity contribution in [2.45, 2.75) is 6.92 Å². The Labute approximate surface area is 147 Å². The van der Waals surface area contributed by atoms with Gasteiger partial charge >= 0.3 is 0 Å². The maximum atomic E-state index is 13.6. The third-order valence-corrected chi connectivity index (χ3v) is 4.80. The Morgan fingerprint density at radius 2 is 2.04 bits per heavy atom. The molecule has 0 radical (unpaired) electrons. The van der Waals surface area contributed by atoms with Gasteiger partial charge in [0.15, 0.2) is 0 Å². The molecule has 0 saturated carbocycles. The maximum absolute atomic E-state index is 13.6. The SMILES string of the molecule is Cc1ccc(NC(=O)c2csc(-c3cc4ccccc4[nH]3)n2)cc1F. The third-order valence-electron chi connectivity index (χ3n) is 3.93. The molecule has 2 N–H and O–H groups in total. The molecule has 2 aromatic heterocycles. The van der Waals surface area contributed by atoms with Crippen LogP contribution in [0.1, 0.15) is 16.1 Å². The zero-order valence-electron chi connectivity index (χ0n) is 13.3.